The Balaban J connectivity index is 1.59. The standard InChI is InChI=1S/C14H21ClN4O/c15-12-2-4-13(5-3-12)18-14(20)17-6-1-9-19-10-7-16-8-11-19/h2-5,16H,1,6-11H2,(H2,17,18,20). The second-order valence-corrected chi connectivity index (χ2v) is 5.27. The van der Waals surface area contributed by atoms with Gasteiger partial charge in [0.1, 0.15) is 0 Å². The SMILES string of the molecule is O=C(NCCCN1CCNCC1)Nc1ccc(Cl)cc1. The highest BCUT2D eigenvalue weighted by molar-refractivity contribution is 6.30. The summed E-state index contributed by atoms with van der Waals surface area (Å²) in [5, 5.41) is 9.62. The van der Waals surface area contributed by atoms with Crippen molar-refractivity contribution in [3.05, 3.63) is 29.3 Å². The number of benzene rings is 1. The molecule has 0 aliphatic carbocycles. The van der Waals surface area contributed by atoms with Crippen molar-refractivity contribution in [1.82, 2.24) is 15.5 Å². The average molecular weight is 297 g/mol. The van der Waals surface area contributed by atoms with Crippen LogP contribution in [0.25, 0.3) is 0 Å². The molecule has 0 aromatic heterocycles. The molecule has 0 atom stereocenters. The Hall–Kier alpha value is -1.30. The van der Waals surface area contributed by atoms with Crippen molar-refractivity contribution >= 4 is 23.3 Å². The van der Waals surface area contributed by atoms with Crippen LogP contribution in [0.3, 0.4) is 0 Å². The molecule has 1 aliphatic heterocycles. The third-order valence-corrected chi connectivity index (χ3v) is 3.50. The van der Waals surface area contributed by atoms with Gasteiger partial charge in [0.2, 0.25) is 0 Å². The van der Waals surface area contributed by atoms with E-state index in [0.29, 0.717) is 11.6 Å². The number of piperazine rings is 1. The largest absolute Gasteiger partial charge is 0.338 e. The van der Waals surface area contributed by atoms with Gasteiger partial charge in [-0.15, -0.1) is 0 Å². The van der Waals surface area contributed by atoms with Gasteiger partial charge in [-0.3, -0.25) is 0 Å². The molecule has 1 saturated heterocycles. The van der Waals surface area contributed by atoms with Crippen LogP contribution in [0, 0.1) is 0 Å². The topological polar surface area (TPSA) is 56.4 Å². The number of amides is 2. The molecule has 0 bridgehead atoms. The molecule has 1 fully saturated rings. The molecule has 0 spiro atoms. The van der Waals surface area contributed by atoms with Gasteiger partial charge < -0.3 is 20.9 Å². The van der Waals surface area contributed by atoms with Gasteiger partial charge in [0.15, 0.2) is 0 Å². The second-order valence-electron chi connectivity index (χ2n) is 4.83. The Labute approximate surface area is 124 Å². The first kappa shape index (κ1) is 15.1. The number of nitrogens with one attached hydrogen (secondary N) is 3. The van der Waals surface area contributed by atoms with Gasteiger partial charge in [0, 0.05) is 43.4 Å². The molecule has 0 saturated carbocycles. The summed E-state index contributed by atoms with van der Waals surface area (Å²) in [6, 6.07) is 6.89. The van der Waals surface area contributed by atoms with E-state index in [9.17, 15) is 4.79 Å². The third-order valence-electron chi connectivity index (χ3n) is 3.25. The predicted octanol–water partition coefficient (Wildman–Crippen LogP) is 1.76. The van der Waals surface area contributed by atoms with Crippen LogP contribution in [-0.4, -0.2) is 50.2 Å². The van der Waals surface area contributed by atoms with E-state index in [0.717, 1.165) is 44.8 Å². The molecular weight excluding hydrogens is 276 g/mol. The Morgan fingerprint density at radius 2 is 1.95 bits per heavy atom. The van der Waals surface area contributed by atoms with Gasteiger partial charge in [-0.05, 0) is 37.2 Å². The maximum absolute atomic E-state index is 11.7. The minimum absolute atomic E-state index is 0.173. The van der Waals surface area contributed by atoms with Crippen LogP contribution < -0.4 is 16.0 Å². The molecule has 0 radical (unpaired) electrons. The Bertz CT molecular complexity index is 418. The lowest BCUT2D eigenvalue weighted by atomic mass is 10.3. The fourth-order valence-electron chi connectivity index (χ4n) is 2.15. The molecule has 6 heteroatoms. The van der Waals surface area contributed by atoms with Crippen molar-refractivity contribution < 1.29 is 4.79 Å². The molecule has 20 heavy (non-hydrogen) atoms. The quantitative estimate of drug-likeness (QED) is 0.726. The van der Waals surface area contributed by atoms with Gasteiger partial charge in [-0.25, -0.2) is 4.79 Å². The lowest BCUT2D eigenvalue weighted by Crippen LogP contribution is -2.44. The average Bonchev–Trinajstić information content (AvgIpc) is 2.47. The fraction of sp³-hybridized carbons (Fsp3) is 0.500. The van der Waals surface area contributed by atoms with Gasteiger partial charge in [-0.2, -0.15) is 0 Å². The van der Waals surface area contributed by atoms with E-state index < -0.39 is 0 Å². The number of rotatable bonds is 5. The maximum Gasteiger partial charge on any atom is 0.319 e. The third kappa shape index (κ3) is 5.36. The van der Waals surface area contributed by atoms with Crippen LogP contribution in [-0.2, 0) is 0 Å². The van der Waals surface area contributed by atoms with Gasteiger partial charge in [-0.1, -0.05) is 11.6 Å². The highest BCUT2D eigenvalue weighted by Crippen LogP contribution is 2.12. The number of urea groups is 1. The lowest BCUT2D eigenvalue weighted by Gasteiger charge is -2.27. The van der Waals surface area contributed by atoms with Crippen LogP contribution in [0.1, 0.15) is 6.42 Å². The molecule has 0 unspecified atom stereocenters. The van der Waals surface area contributed by atoms with E-state index in [1.807, 2.05) is 0 Å². The number of hydrogen-bond donors (Lipinski definition) is 3. The molecule has 1 aromatic rings. The molecule has 5 nitrogen and oxygen atoms in total. The number of anilines is 1. The molecule has 1 aromatic carbocycles. The zero-order valence-electron chi connectivity index (χ0n) is 11.5. The van der Waals surface area contributed by atoms with E-state index in [1.165, 1.54) is 0 Å². The fourth-order valence-corrected chi connectivity index (χ4v) is 2.27. The smallest absolute Gasteiger partial charge is 0.319 e. The van der Waals surface area contributed by atoms with Crippen molar-refractivity contribution in [3.8, 4) is 0 Å². The molecule has 2 amide bonds. The molecule has 1 heterocycles. The second kappa shape index (κ2) is 8.09. The molecule has 2 rings (SSSR count). The zero-order chi connectivity index (χ0) is 14.2. The van der Waals surface area contributed by atoms with Crippen molar-refractivity contribution in [3.63, 3.8) is 0 Å². The van der Waals surface area contributed by atoms with Crippen molar-refractivity contribution in [2.75, 3.05) is 44.6 Å². The molecule has 110 valence electrons. The van der Waals surface area contributed by atoms with Gasteiger partial charge in [0.25, 0.3) is 0 Å². The van der Waals surface area contributed by atoms with E-state index in [1.54, 1.807) is 24.3 Å². The van der Waals surface area contributed by atoms with E-state index in [-0.39, 0.29) is 6.03 Å². The Morgan fingerprint density at radius 3 is 2.65 bits per heavy atom. The van der Waals surface area contributed by atoms with Gasteiger partial charge in [0.05, 0.1) is 0 Å². The number of hydrogen-bond acceptors (Lipinski definition) is 3. The summed E-state index contributed by atoms with van der Waals surface area (Å²) in [7, 11) is 0. The van der Waals surface area contributed by atoms with E-state index in [2.05, 4.69) is 20.9 Å². The number of carbonyl (C=O) groups is 1. The summed E-state index contributed by atoms with van der Waals surface area (Å²) in [5.74, 6) is 0. The minimum Gasteiger partial charge on any atom is -0.338 e. The van der Waals surface area contributed by atoms with Crippen LogP contribution in [0.2, 0.25) is 5.02 Å². The summed E-state index contributed by atoms with van der Waals surface area (Å²) >= 11 is 5.79. The van der Waals surface area contributed by atoms with E-state index in [4.69, 9.17) is 11.6 Å². The maximum atomic E-state index is 11.7. The number of halogens is 1. The first-order chi connectivity index (χ1) is 9.74. The highest BCUT2D eigenvalue weighted by Gasteiger charge is 2.08. The summed E-state index contributed by atoms with van der Waals surface area (Å²) < 4.78 is 0. The Morgan fingerprint density at radius 1 is 1.25 bits per heavy atom. The van der Waals surface area contributed by atoms with Crippen LogP contribution in [0.4, 0.5) is 10.5 Å². The monoisotopic (exact) mass is 296 g/mol. The van der Waals surface area contributed by atoms with Crippen LogP contribution in [0.15, 0.2) is 24.3 Å². The molecular formula is C14H21ClN4O. The van der Waals surface area contributed by atoms with Crippen LogP contribution in [0.5, 0.6) is 0 Å². The summed E-state index contributed by atoms with van der Waals surface area (Å²) in [6.45, 7) is 6.02. The van der Waals surface area contributed by atoms with Crippen LogP contribution >= 0.6 is 11.6 Å². The van der Waals surface area contributed by atoms with E-state index >= 15 is 0 Å². The first-order valence-corrected chi connectivity index (χ1v) is 7.35. The predicted molar refractivity (Wildman–Crippen MR) is 82.4 cm³/mol. The van der Waals surface area contributed by atoms with Crippen molar-refractivity contribution in [2.24, 2.45) is 0 Å². The first-order valence-electron chi connectivity index (χ1n) is 6.97. The minimum atomic E-state index is -0.173. The zero-order valence-corrected chi connectivity index (χ0v) is 12.2. The molecule has 3 N–H and O–H groups in total. The highest BCUT2D eigenvalue weighted by atomic mass is 35.5. The Kier molecular flexibility index (Phi) is 6.11. The number of carbonyl (C=O) groups excluding carboxylic acids is 1. The van der Waals surface area contributed by atoms with Gasteiger partial charge >= 0.3 is 6.03 Å². The number of nitrogens with zero attached hydrogens (tertiary/aromatic N) is 1. The van der Waals surface area contributed by atoms with Crippen molar-refractivity contribution in [2.45, 2.75) is 6.42 Å². The molecule has 1 aliphatic rings. The summed E-state index contributed by atoms with van der Waals surface area (Å²) in [4.78, 5) is 14.1. The van der Waals surface area contributed by atoms with Crippen molar-refractivity contribution in [1.29, 1.82) is 0 Å². The summed E-state index contributed by atoms with van der Waals surface area (Å²) in [5.41, 5.74) is 0.744. The lowest BCUT2D eigenvalue weighted by molar-refractivity contribution is 0.234. The summed E-state index contributed by atoms with van der Waals surface area (Å²) in [6.07, 6.45) is 0.966. The normalized spacial score (nSPS) is 15.8.